The van der Waals surface area contributed by atoms with Crippen LogP contribution in [0, 0.1) is 0 Å². The second kappa shape index (κ2) is 66.2. The quantitative estimate of drug-likeness (QED) is 0.0585. The van der Waals surface area contributed by atoms with Gasteiger partial charge >= 0.3 is 0 Å². The SMILES string of the molecule is CCCCCCCCCCCC.CCCCCCCCCCCC.CCCCCCCCCCCC.CCCCCCCCCCCC.[N]. The monoisotopic (exact) mass is 695 g/mol. The molecule has 0 aliphatic heterocycles. The van der Waals surface area contributed by atoms with Crippen molar-refractivity contribution >= 4 is 0 Å². The number of rotatable bonds is 36. The highest BCUT2D eigenvalue weighted by molar-refractivity contribution is 4.48. The van der Waals surface area contributed by atoms with E-state index in [0.29, 0.717) is 0 Å². The van der Waals surface area contributed by atoms with Crippen molar-refractivity contribution in [3.05, 3.63) is 0 Å². The van der Waals surface area contributed by atoms with Gasteiger partial charge < -0.3 is 0 Å². The predicted octanol–water partition coefficient (Wildman–Crippen LogP) is 19.2. The van der Waals surface area contributed by atoms with Crippen LogP contribution in [0.15, 0.2) is 0 Å². The molecule has 0 aliphatic carbocycles. The molecule has 0 amide bonds. The lowest BCUT2D eigenvalue weighted by molar-refractivity contribution is 0.562. The molecule has 0 bridgehead atoms. The van der Waals surface area contributed by atoms with E-state index in [2.05, 4.69) is 55.4 Å². The van der Waals surface area contributed by atoms with Gasteiger partial charge in [-0.15, -0.1) is 0 Å². The first kappa shape index (κ1) is 58.3. The second-order valence-electron chi connectivity index (χ2n) is 15.3. The highest BCUT2D eigenvalue weighted by Gasteiger charge is 1.93. The minimum Gasteiger partial charge on any atom is -0.0654 e. The Hall–Kier alpha value is -0.0400. The van der Waals surface area contributed by atoms with E-state index in [1.807, 2.05) is 0 Å². The number of nitrogens with zero attached hydrogens (tertiary/aromatic N) is 1. The third-order valence-electron chi connectivity index (χ3n) is 9.83. The third kappa shape index (κ3) is 78.3. The summed E-state index contributed by atoms with van der Waals surface area (Å²) >= 11 is 0. The molecule has 0 aromatic carbocycles. The maximum atomic E-state index is 2.28. The molecule has 1 heteroatoms. The molecule has 0 atom stereocenters. The van der Waals surface area contributed by atoms with Crippen molar-refractivity contribution in [2.45, 2.75) is 312 Å². The molecule has 0 heterocycles. The average Bonchev–Trinajstić information content (AvgIpc) is 3.10. The van der Waals surface area contributed by atoms with Gasteiger partial charge in [-0.3, -0.25) is 0 Å². The Morgan fingerprint density at radius 3 is 0.245 bits per heavy atom. The molecular formula is C48H104N. The van der Waals surface area contributed by atoms with Crippen molar-refractivity contribution in [3.8, 4) is 0 Å². The van der Waals surface area contributed by atoms with Crippen LogP contribution < -0.4 is 6.15 Å². The van der Waals surface area contributed by atoms with Crippen molar-refractivity contribution < 1.29 is 0 Å². The molecule has 0 aromatic heterocycles. The van der Waals surface area contributed by atoms with Crippen molar-refractivity contribution in [1.82, 2.24) is 6.15 Å². The average molecular weight is 695 g/mol. The maximum Gasteiger partial charge on any atom is 0 e. The molecule has 0 aliphatic rings. The van der Waals surface area contributed by atoms with Gasteiger partial charge in [0.25, 0.3) is 0 Å². The Bertz CT molecular complexity index is 313. The molecule has 301 valence electrons. The Morgan fingerprint density at radius 2 is 0.184 bits per heavy atom. The highest BCUT2D eigenvalue weighted by Crippen LogP contribution is 2.13. The first-order valence-corrected chi connectivity index (χ1v) is 23.7. The fourth-order valence-corrected chi connectivity index (χ4v) is 6.24. The van der Waals surface area contributed by atoms with Gasteiger partial charge in [-0.05, 0) is 0 Å². The molecule has 0 aromatic rings. The van der Waals surface area contributed by atoms with Crippen molar-refractivity contribution in [3.63, 3.8) is 0 Å². The van der Waals surface area contributed by atoms with Crippen LogP contribution in [-0.4, -0.2) is 0 Å². The molecule has 0 saturated carbocycles. The summed E-state index contributed by atoms with van der Waals surface area (Å²) in [5.74, 6) is 0. The van der Waals surface area contributed by atoms with Gasteiger partial charge in [-0.25, -0.2) is 0 Å². The molecule has 3 radical (unpaired) electrons. The highest BCUT2D eigenvalue weighted by atomic mass is 14.0. The lowest BCUT2D eigenvalue weighted by atomic mass is 10.1. The lowest BCUT2D eigenvalue weighted by Crippen LogP contribution is -1.80. The van der Waals surface area contributed by atoms with Crippen LogP contribution in [0.3, 0.4) is 0 Å². The minimum atomic E-state index is 0. The van der Waals surface area contributed by atoms with Crippen LogP contribution in [0.4, 0.5) is 0 Å². The summed E-state index contributed by atoms with van der Waals surface area (Å²) in [6, 6.07) is 0. The minimum absolute atomic E-state index is 0. The zero-order valence-electron chi connectivity index (χ0n) is 36.7. The smallest absolute Gasteiger partial charge is 0 e. The molecule has 0 unspecified atom stereocenters. The Balaban J connectivity index is -0.000000174. The molecule has 0 saturated heterocycles. The van der Waals surface area contributed by atoms with E-state index in [1.54, 1.807) is 0 Å². The second-order valence-corrected chi connectivity index (χ2v) is 15.3. The van der Waals surface area contributed by atoms with Crippen LogP contribution >= 0.6 is 0 Å². The standard InChI is InChI=1S/4C12H26.N/c4*1-3-5-7-9-11-12-10-8-6-4-2;/h4*3-12H2,1-2H3;. The summed E-state index contributed by atoms with van der Waals surface area (Å²) in [5, 5.41) is 0. The summed E-state index contributed by atoms with van der Waals surface area (Å²) in [5.41, 5.74) is 0. The Labute approximate surface area is 317 Å². The molecule has 0 N–H and O–H groups in total. The molecule has 49 heavy (non-hydrogen) atoms. The summed E-state index contributed by atoms with van der Waals surface area (Å²) in [7, 11) is 0. The number of hydrogen-bond donors (Lipinski definition) is 0. The largest absolute Gasteiger partial charge is 0.0654 e. The zero-order chi connectivity index (χ0) is 36.3. The first-order valence-electron chi connectivity index (χ1n) is 23.7. The van der Waals surface area contributed by atoms with Crippen LogP contribution in [0.25, 0.3) is 0 Å². The van der Waals surface area contributed by atoms with Gasteiger partial charge in [0, 0.05) is 6.15 Å². The van der Waals surface area contributed by atoms with Gasteiger partial charge in [0.15, 0.2) is 0 Å². The Morgan fingerprint density at radius 1 is 0.122 bits per heavy atom. The number of unbranched alkanes of at least 4 members (excludes halogenated alkanes) is 36. The van der Waals surface area contributed by atoms with E-state index in [-0.39, 0.29) is 6.15 Å². The van der Waals surface area contributed by atoms with Crippen LogP contribution in [-0.2, 0) is 0 Å². The maximum absolute atomic E-state index is 2.28. The molecule has 0 rings (SSSR count). The van der Waals surface area contributed by atoms with Gasteiger partial charge in [0.05, 0.1) is 0 Å². The molecule has 1 nitrogen and oxygen atoms in total. The summed E-state index contributed by atoms with van der Waals surface area (Å²) in [6.07, 6.45) is 57.8. The van der Waals surface area contributed by atoms with Crippen LogP contribution in [0.1, 0.15) is 312 Å². The summed E-state index contributed by atoms with van der Waals surface area (Å²) in [4.78, 5) is 0. The van der Waals surface area contributed by atoms with Crippen LogP contribution in [0.5, 0.6) is 0 Å². The first-order chi connectivity index (χ1) is 23.7. The molecular weight excluding hydrogens is 591 g/mol. The van der Waals surface area contributed by atoms with E-state index in [0.717, 1.165) is 0 Å². The topological polar surface area (TPSA) is 30.5 Å². The van der Waals surface area contributed by atoms with E-state index < -0.39 is 0 Å². The van der Waals surface area contributed by atoms with Gasteiger partial charge in [0.1, 0.15) is 0 Å². The van der Waals surface area contributed by atoms with Crippen LogP contribution in [0.2, 0.25) is 0 Å². The van der Waals surface area contributed by atoms with Crippen molar-refractivity contribution in [2.24, 2.45) is 0 Å². The fraction of sp³-hybridized carbons (Fsp3) is 1.00. The summed E-state index contributed by atoms with van der Waals surface area (Å²) in [6.45, 7) is 18.2. The van der Waals surface area contributed by atoms with Gasteiger partial charge in [-0.2, -0.15) is 0 Å². The number of hydrogen-bond acceptors (Lipinski definition) is 0. The zero-order valence-corrected chi connectivity index (χ0v) is 36.7. The van der Waals surface area contributed by atoms with E-state index in [1.165, 1.54) is 257 Å². The normalized spacial score (nSPS) is 10.3. The third-order valence-corrected chi connectivity index (χ3v) is 9.83. The van der Waals surface area contributed by atoms with Crippen molar-refractivity contribution in [1.29, 1.82) is 0 Å². The van der Waals surface area contributed by atoms with Gasteiger partial charge in [-0.1, -0.05) is 312 Å². The predicted molar refractivity (Wildman–Crippen MR) is 232 cm³/mol. The van der Waals surface area contributed by atoms with E-state index >= 15 is 0 Å². The van der Waals surface area contributed by atoms with Crippen molar-refractivity contribution in [2.75, 3.05) is 0 Å². The fourth-order valence-electron chi connectivity index (χ4n) is 6.24. The molecule has 0 fully saturated rings. The summed E-state index contributed by atoms with van der Waals surface area (Å²) < 4.78 is 0. The van der Waals surface area contributed by atoms with Gasteiger partial charge in [0.2, 0.25) is 0 Å². The molecule has 0 spiro atoms. The van der Waals surface area contributed by atoms with E-state index in [4.69, 9.17) is 0 Å². The lowest BCUT2D eigenvalue weighted by Gasteiger charge is -1.99. The Kier molecular flexibility index (Phi) is 78.8. The van der Waals surface area contributed by atoms with E-state index in [9.17, 15) is 0 Å².